The van der Waals surface area contributed by atoms with E-state index in [4.69, 9.17) is 0 Å². The molecule has 0 radical (unpaired) electrons. The van der Waals surface area contributed by atoms with Gasteiger partial charge >= 0.3 is 0 Å². The number of thioether (sulfide) groups is 1. The van der Waals surface area contributed by atoms with Crippen molar-refractivity contribution in [3.63, 3.8) is 0 Å². The van der Waals surface area contributed by atoms with Gasteiger partial charge in [0.2, 0.25) is 0 Å². The monoisotopic (exact) mass is 251 g/mol. The Kier molecular flexibility index (Phi) is 3.78. The summed E-state index contributed by atoms with van der Waals surface area (Å²) in [6.45, 7) is 4.80. The summed E-state index contributed by atoms with van der Waals surface area (Å²) in [6.07, 6.45) is 0. The van der Waals surface area contributed by atoms with Crippen molar-refractivity contribution in [1.29, 1.82) is 0 Å². The van der Waals surface area contributed by atoms with Crippen LogP contribution in [0.5, 0.6) is 0 Å². The second kappa shape index (κ2) is 5.31. The number of aromatic nitrogens is 3. The molecule has 1 aromatic heterocycles. The molecule has 0 aliphatic carbocycles. The number of hydrogen-bond acceptors (Lipinski definition) is 3. The summed E-state index contributed by atoms with van der Waals surface area (Å²) in [5.74, 6) is 1.30. The molecule has 5 heteroatoms. The standard InChI is InChI=1S/C12H14FN3S/c1-3-16-9(2)14-15-12(16)17-8-10-6-4-5-7-11(10)13/h4-7H,3,8H2,1-2H3. The third-order valence-corrected chi connectivity index (χ3v) is 3.55. The largest absolute Gasteiger partial charge is 0.307 e. The first kappa shape index (κ1) is 12.1. The van der Waals surface area contributed by atoms with Gasteiger partial charge in [0.15, 0.2) is 5.16 Å². The quantitative estimate of drug-likeness (QED) is 0.782. The Hall–Kier alpha value is -1.36. The van der Waals surface area contributed by atoms with Gasteiger partial charge < -0.3 is 4.57 Å². The van der Waals surface area contributed by atoms with Crippen LogP contribution in [0.2, 0.25) is 0 Å². The van der Waals surface area contributed by atoms with Crippen LogP contribution in [-0.4, -0.2) is 14.8 Å². The van der Waals surface area contributed by atoms with E-state index in [0.717, 1.165) is 17.5 Å². The Morgan fingerprint density at radius 1 is 1.29 bits per heavy atom. The van der Waals surface area contributed by atoms with E-state index in [1.54, 1.807) is 12.1 Å². The Labute approximate surface area is 104 Å². The topological polar surface area (TPSA) is 30.7 Å². The molecule has 1 heterocycles. The number of hydrogen-bond donors (Lipinski definition) is 0. The molecule has 0 N–H and O–H groups in total. The van der Waals surface area contributed by atoms with Crippen molar-refractivity contribution in [2.45, 2.75) is 31.3 Å². The molecule has 0 atom stereocenters. The minimum atomic E-state index is -0.167. The molecule has 90 valence electrons. The van der Waals surface area contributed by atoms with Crippen LogP contribution in [0.4, 0.5) is 4.39 Å². The molecule has 1 aromatic carbocycles. The van der Waals surface area contributed by atoms with Gasteiger partial charge in [-0.3, -0.25) is 0 Å². The lowest BCUT2D eigenvalue weighted by molar-refractivity contribution is 0.617. The predicted molar refractivity (Wildman–Crippen MR) is 66.4 cm³/mol. The highest BCUT2D eigenvalue weighted by Crippen LogP contribution is 2.22. The van der Waals surface area contributed by atoms with Crippen molar-refractivity contribution in [2.75, 3.05) is 0 Å². The Morgan fingerprint density at radius 2 is 2.06 bits per heavy atom. The molecule has 0 unspecified atom stereocenters. The fraction of sp³-hybridized carbons (Fsp3) is 0.333. The van der Waals surface area contributed by atoms with Gasteiger partial charge in [-0.25, -0.2) is 4.39 Å². The van der Waals surface area contributed by atoms with Gasteiger partial charge in [-0.05, 0) is 25.5 Å². The summed E-state index contributed by atoms with van der Waals surface area (Å²) in [5.41, 5.74) is 0.695. The van der Waals surface area contributed by atoms with E-state index in [-0.39, 0.29) is 5.82 Å². The van der Waals surface area contributed by atoms with Gasteiger partial charge in [0.05, 0.1) is 0 Å². The van der Waals surface area contributed by atoms with Crippen molar-refractivity contribution in [2.24, 2.45) is 0 Å². The van der Waals surface area contributed by atoms with E-state index in [2.05, 4.69) is 10.2 Å². The van der Waals surface area contributed by atoms with Crippen molar-refractivity contribution < 1.29 is 4.39 Å². The molecule has 2 aromatic rings. The number of benzene rings is 1. The third-order valence-electron chi connectivity index (χ3n) is 2.53. The van der Waals surface area contributed by atoms with Gasteiger partial charge in [-0.2, -0.15) is 0 Å². The highest BCUT2D eigenvalue weighted by Gasteiger charge is 2.09. The van der Waals surface area contributed by atoms with Crippen molar-refractivity contribution in [3.8, 4) is 0 Å². The lowest BCUT2D eigenvalue weighted by atomic mass is 10.2. The molecular weight excluding hydrogens is 237 g/mol. The molecule has 0 bridgehead atoms. The predicted octanol–water partition coefficient (Wildman–Crippen LogP) is 3.04. The number of aryl methyl sites for hydroxylation is 1. The summed E-state index contributed by atoms with van der Waals surface area (Å²) in [7, 11) is 0. The number of halogens is 1. The summed E-state index contributed by atoms with van der Waals surface area (Å²) in [4.78, 5) is 0. The van der Waals surface area contributed by atoms with Crippen LogP contribution < -0.4 is 0 Å². The van der Waals surface area contributed by atoms with Crippen LogP contribution >= 0.6 is 11.8 Å². The Morgan fingerprint density at radius 3 is 2.76 bits per heavy atom. The van der Waals surface area contributed by atoms with Gasteiger partial charge in [-0.1, -0.05) is 30.0 Å². The molecule has 0 spiro atoms. The number of nitrogens with zero attached hydrogens (tertiary/aromatic N) is 3. The van der Waals surface area contributed by atoms with Crippen LogP contribution in [0.3, 0.4) is 0 Å². The highest BCUT2D eigenvalue weighted by atomic mass is 32.2. The minimum absolute atomic E-state index is 0.167. The summed E-state index contributed by atoms with van der Waals surface area (Å²) in [5, 5.41) is 8.95. The van der Waals surface area contributed by atoms with E-state index in [1.807, 2.05) is 24.5 Å². The van der Waals surface area contributed by atoms with E-state index in [9.17, 15) is 4.39 Å². The first-order chi connectivity index (χ1) is 8.22. The molecule has 0 aliphatic heterocycles. The maximum atomic E-state index is 13.4. The first-order valence-electron chi connectivity index (χ1n) is 5.48. The molecule has 2 rings (SSSR count). The summed E-state index contributed by atoms with van der Waals surface area (Å²) in [6, 6.07) is 6.81. The van der Waals surface area contributed by atoms with Gasteiger partial charge in [0, 0.05) is 12.3 Å². The third kappa shape index (κ3) is 2.66. The SMILES string of the molecule is CCn1c(C)nnc1SCc1ccccc1F. The first-order valence-corrected chi connectivity index (χ1v) is 6.47. The maximum Gasteiger partial charge on any atom is 0.191 e. The van der Waals surface area contributed by atoms with E-state index in [0.29, 0.717) is 11.3 Å². The molecule has 0 saturated heterocycles. The second-order valence-electron chi connectivity index (χ2n) is 3.65. The molecule has 3 nitrogen and oxygen atoms in total. The maximum absolute atomic E-state index is 13.4. The fourth-order valence-corrected chi connectivity index (χ4v) is 2.62. The van der Waals surface area contributed by atoms with Crippen LogP contribution in [0.1, 0.15) is 18.3 Å². The molecule has 0 amide bonds. The normalized spacial score (nSPS) is 10.8. The Balaban J connectivity index is 2.10. The van der Waals surface area contributed by atoms with Gasteiger partial charge in [0.1, 0.15) is 11.6 Å². The van der Waals surface area contributed by atoms with E-state index >= 15 is 0 Å². The molecular formula is C12H14FN3S. The smallest absolute Gasteiger partial charge is 0.191 e. The fourth-order valence-electron chi connectivity index (χ4n) is 1.59. The van der Waals surface area contributed by atoms with Crippen LogP contribution in [0.15, 0.2) is 29.4 Å². The van der Waals surface area contributed by atoms with Gasteiger partial charge in [0.25, 0.3) is 0 Å². The van der Waals surface area contributed by atoms with Crippen molar-refractivity contribution in [3.05, 3.63) is 41.5 Å². The second-order valence-corrected chi connectivity index (χ2v) is 4.60. The summed E-state index contributed by atoms with van der Waals surface area (Å²) < 4.78 is 15.4. The average molecular weight is 251 g/mol. The average Bonchev–Trinajstić information content (AvgIpc) is 2.69. The van der Waals surface area contributed by atoms with Crippen molar-refractivity contribution in [1.82, 2.24) is 14.8 Å². The lowest BCUT2D eigenvalue weighted by Crippen LogP contribution is -1.99. The Bertz CT molecular complexity index is 510. The minimum Gasteiger partial charge on any atom is -0.307 e. The van der Waals surface area contributed by atoms with Crippen LogP contribution in [-0.2, 0) is 12.3 Å². The highest BCUT2D eigenvalue weighted by molar-refractivity contribution is 7.98. The molecule has 17 heavy (non-hydrogen) atoms. The zero-order chi connectivity index (χ0) is 12.3. The zero-order valence-electron chi connectivity index (χ0n) is 9.85. The molecule has 0 fully saturated rings. The number of rotatable bonds is 4. The summed E-state index contributed by atoms with van der Waals surface area (Å²) >= 11 is 1.51. The van der Waals surface area contributed by atoms with E-state index in [1.165, 1.54) is 17.8 Å². The van der Waals surface area contributed by atoms with Gasteiger partial charge in [-0.15, -0.1) is 10.2 Å². The van der Waals surface area contributed by atoms with E-state index < -0.39 is 0 Å². The molecule has 0 saturated carbocycles. The lowest BCUT2D eigenvalue weighted by Gasteiger charge is -2.05. The zero-order valence-corrected chi connectivity index (χ0v) is 10.7. The van der Waals surface area contributed by atoms with Crippen molar-refractivity contribution >= 4 is 11.8 Å². The van der Waals surface area contributed by atoms with Crippen LogP contribution in [0, 0.1) is 12.7 Å². The molecule has 0 aliphatic rings. The van der Waals surface area contributed by atoms with Crippen LogP contribution in [0.25, 0.3) is 0 Å².